The highest BCUT2D eigenvalue weighted by atomic mass is 32.1. The summed E-state index contributed by atoms with van der Waals surface area (Å²) in [6.45, 7) is 0.164. The van der Waals surface area contributed by atoms with E-state index >= 15 is 0 Å². The topological polar surface area (TPSA) is 52.8 Å². The Balaban J connectivity index is 1.35. The lowest BCUT2D eigenvalue weighted by Crippen LogP contribution is -2.03. The minimum Gasteiger partial charge on any atom is -0.497 e. The summed E-state index contributed by atoms with van der Waals surface area (Å²) >= 11 is 1.50. The molecule has 0 radical (unpaired) electrons. The van der Waals surface area contributed by atoms with Crippen LogP contribution in [-0.4, -0.2) is 22.5 Å². The van der Waals surface area contributed by atoms with Crippen molar-refractivity contribution in [1.82, 2.24) is 9.38 Å². The van der Waals surface area contributed by atoms with Crippen LogP contribution in [0.25, 0.3) is 16.1 Å². The Hall–Kier alpha value is -3.12. The zero-order valence-electron chi connectivity index (χ0n) is 15.3. The van der Waals surface area contributed by atoms with Crippen LogP contribution in [0.15, 0.2) is 54.9 Å². The average molecular weight is 390 g/mol. The van der Waals surface area contributed by atoms with Gasteiger partial charge in [0.25, 0.3) is 0 Å². The largest absolute Gasteiger partial charge is 0.497 e. The van der Waals surface area contributed by atoms with Gasteiger partial charge in [-0.1, -0.05) is 6.07 Å². The molecule has 3 heterocycles. The van der Waals surface area contributed by atoms with Gasteiger partial charge in [0.05, 0.1) is 12.8 Å². The van der Waals surface area contributed by atoms with Crippen LogP contribution in [0, 0.1) is 0 Å². The maximum Gasteiger partial charge on any atom is 0.348 e. The van der Waals surface area contributed by atoms with Crippen molar-refractivity contribution < 1.29 is 14.3 Å². The van der Waals surface area contributed by atoms with Crippen molar-refractivity contribution >= 4 is 23.0 Å². The molecule has 0 unspecified atom stereocenters. The monoisotopic (exact) mass is 390 g/mol. The standard InChI is InChI=1S/C22H18N2O3S/c1-26-17-7-8-18-14(10-17)5-6-15-11-19(28-21(15)18)22(25)27-13-16-12-24-9-3-2-4-20(24)23-16/h2-4,7-12H,5-6,13H2,1H3. The third kappa shape index (κ3) is 2.96. The molecule has 0 saturated heterocycles. The van der Waals surface area contributed by atoms with Crippen LogP contribution in [0.3, 0.4) is 0 Å². The number of rotatable bonds is 4. The van der Waals surface area contributed by atoms with E-state index < -0.39 is 0 Å². The van der Waals surface area contributed by atoms with Crippen LogP contribution in [0.4, 0.5) is 0 Å². The number of esters is 1. The van der Waals surface area contributed by atoms with Crippen LogP contribution in [0.5, 0.6) is 5.75 Å². The zero-order valence-corrected chi connectivity index (χ0v) is 16.2. The summed E-state index contributed by atoms with van der Waals surface area (Å²) < 4.78 is 12.8. The molecule has 0 fully saturated rings. The SMILES string of the molecule is COc1ccc2c(c1)CCc1cc(C(=O)OCc3cn4ccccc4n3)sc1-2. The minimum atomic E-state index is -0.300. The highest BCUT2D eigenvalue weighted by Crippen LogP contribution is 2.41. The molecule has 5 nitrogen and oxygen atoms in total. The van der Waals surface area contributed by atoms with Crippen LogP contribution >= 0.6 is 11.3 Å². The van der Waals surface area contributed by atoms with E-state index in [1.165, 1.54) is 28.0 Å². The Morgan fingerprint density at radius 3 is 2.93 bits per heavy atom. The summed E-state index contributed by atoms with van der Waals surface area (Å²) in [5, 5.41) is 0. The molecule has 5 rings (SSSR count). The maximum absolute atomic E-state index is 12.6. The lowest BCUT2D eigenvalue weighted by Gasteiger charge is -2.16. The Morgan fingerprint density at radius 2 is 2.07 bits per heavy atom. The molecular weight excluding hydrogens is 372 g/mol. The highest BCUT2D eigenvalue weighted by molar-refractivity contribution is 7.17. The summed E-state index contributed by atoms with van der Waals surface area (Å²) in [5.74, 6) is 0.567. The molecule has 0 saturated carbocycles. The number of pyridine rings is 1. The summed E-state index contributed by atoms with van der Waals surface area (Å²) in [7, 11) is 1.68. The molecule has 0 spiro atoms. The Morgan fingerprint density at radius 1 is 1.18 bits per heavy atom. The van der Waals surface area contributed by atoms with Crippen LogP contribution in [0.2, 0.25) is 0 Å². The van der Waals surface area contributed by atoms with Crippen molar-refractivity contribution in [3.05, 3.63) is 76.6 Å². The molecule has 4 aromatic rings. The number of hydrogen-bond donors (Lipinski definition) is 0. The zero-order chi connectivity index (χ0) is 19.1. The van der Waals surface area contributed by atoms with Gasteiger partial charge in [-0.2, -0.15) is 0 Å². The van der Waals surface area contributed by atoms with Crippen molar-refractivity contribution in [1.29, 1.82) is 0 Å². The number of hydrogen-bond acceptors (Lipinski definition) is 5. The molecule has 1 aliphatic rings. The number of benzene rings is 1. The number of aromatic nitrogens is 2. The number of methoxy groups -OCH3 is 1. The van der Waals surface area contributed by atoms with Gasteiger partial charge in [0.15, 0.2) is 0 Å². The van der Waals surface area contributed by atoms with Crippen LogP contribution in [0.1, 0.15) is 26.5 Å². The second-order valence-electron chi connectivity index (χ2n) is 6.76. The second-order valence-corrected chi connectivity index (χ2v) is 7.81. The van der Waals surface area contributed by atoms with E-state index in [4.69, 9.17) is 9.47 Å². The fourth-order valence-corrected chi connectivity index (χ4v) is 4.77. The van der Waals surface area contributed by atoms with Gasteiger partial charge in [0, 0.05) is 17.3 Å². The summed E-state index contributed by atoms with van der Waals surface area (Å²) in [6.07, 6.45) is 5.68. The molecule has 28 heavy (non-hydrogen) atoms. The van der Waals surface area contributed by atoms with Crippen molar-refractivity contribution in [2.45, 2.75) is 19.4 Å². The lowest BCUT2D eigenvalue weighted by molar-refractivity contribution is 0.0474. The van der Waals surface area contributed by atoms with Gasteiger partial charge >= 0.3 is 5.97 Å². The van der Waals surface area contributed by atoms with E-state index in [9.17, 15) is 4.79 Å². The first-order valence-corrected chi connectivity index (χ1v) is 9.92. The summed E-state index contributed by atoms with van der Waals surface area (Å²) in [6, 6.07) is 13.9. The maximum atomic E-state index is 12.6. The quantitative estimate of drug-likeness (QED) is 0.481. The van der Waals surface area contributed by atoms with Crippen molar-refractivity contribution in [3.8, 4) is 16.2 Å². The fourth-order valence-electron chi connectivity index (χ4n) is 3.61. The van der Waals surface area contributed by atoms with E-state index in [-0.39, 0.29) is 12.6 Å². The molecule has 0 bridgehead atoms. The number of carbonyl (C=O) groups is 1. The number of carbonyl (C=O) groups excluding carboxylic acids is 1. The molecular formula is C22H18N2O3S. The minimum absolute atomic E-state index is 0.164. The normalized spacial score (nSPS) is 12.5. The van der Waals surface area contributed by atoms with Gasteiger partial charge in [-0.05, 0) is 65.9 Å². The average Bonchev–Trinajstić information content (AvgIpc) is 3.35. The van der Waals surface area contributed by atoms with Crippen molar-refractivity contribution in [2.75, 3.05) is 7.11 Å². The number of imidazole rings is 1. The number of aryl methyl sites for hydroxylation is 2. The number of ether oxygens (including phenoxy) is 2. The van der Waals surface area contributed by atoms with Crippen LogP contribution in [-0.2, 0) is 24.2 Å². The smallest absolute Gasteiger partial charge is 0.348 e. The molecule has 1 aliphatic carbocycles. The molecule has 0 amide bonds. The van der Waals surface area contributed by atoms with E-state index in [0.717, 1.165) is 34.8 Å². The molecule has 140 valence electrons. The Labute approximate surface area is 166 Å². The second kappa shape index (κ2) is 6.80. The third-order valence-corrected chi connectivity index (χ3v) is 6.19. The van der Waals surface area contributed by atoms with Gasteiger partial charge < -0.3 is 13.9 Å². The van der Waals surface area contributed by atoms with Crippen molar-refractivity contribution in [2.24, 2.45) is 0 Å². The van der Waals surface area contributed by atoms with E-state index in [0.29, 0.717) is 4.88 Å². The molecule has 3 aromatic heterocycles. The first-order chi connectivity index (χ1) is 13.7. The van der Waals surface area contributed by atoms with Crippen molar-refractivity contribution in [3.63, 3.8) is 0 Å². The van der Waals surface area contributed by atoms with Gasteiger partial charge in [0.1, 0.15) is 22.9 Å². The molecule has 0 atom stereocenters. The van der Waals surface area contributed by atoms with Gasteiger partial charge in [-0.25, -0.2) is 9.78 Å². The van der Waals surface area contributed by atoms with E-state index in [1.54, 1.807) is 7.11 Å². The molecule has 0 N–H and O–H groups in total. The van der Waals surface area contributed by atoms with Gasteiger partial charge in [0.2, 0.25) is 0 Å². The Bertz CT molecular complexity index is 1160. The predicted octanol–water partition coefficient (Wildman–Crippen LogP) is 4.53. The first-order valence-electron chi connectivity index (χ1n) is 9.11. The fraction of sp³-hybridized carbons (Fsp3) is 0.182. The Kier molecular flexibility index (Phi) is 4.13. The first kappa shape index (κ1) is 17.0. The predicted molar refractivity (Wildman–Crippen MR) is 108 cm³/mol. The molecule has 6 heteroatoms. The summed E-state index contributed by atoms with van der Waals surface area (Å²) in [4.78, 5) is 18.9. The third-order valence-electron chi connectivity index (χ3n) is 5.00. The highest BCUT2D eigenvalue weighted by Gasteiger charge is 2.23. The van der Waals surface area contributed by atoms with Gasteiger partial charge in [-0.3, -0.25) is 0 Å². The number of fused-ring (bicyclic) bond motifs is 4. The number of thiophene rings is 1. The van der Waals surface area contributed by atoms with E-state index in [1.807, 2.05) is 47.1 Å². The summed E-state index contributed by atoms with van der Waals surface area (Å²) in [5.41, 5.74) is 5.23. The lowest BCUT2D eigenvalue weighted by atomic mass is 9.91. The molecule has 0 aliphatic heterocycles. The van der Waals surface area contributed by atoms with Gasteiger partial charge in [-0.15, -0.1) is 11.3 Å². The molecule has 1 aromatic carbocycles. The van der Waals surface area contributed by atoms with E-state index in [2.05, 4.69) is 17.1 Å². The van der Waals surface area contributed by atoms with Crippen LogP contribution < -0.4 is 4.74 Å². The number of nitrogens with zero attached hydrogens (tertiary/aromatic N) is 2.